The molecule has 0 aliphatic heterocycles. The zero-order valence-corrected chi connectivity index (χ0v) is 8.60. The standard InChI is InChI=1S/C11H13OP/c1-3-9(4-2)12-10-5-7-11(13)8-6-10/h3-9H,1-2,13H2. The second kappa shape index (κ2) is 4.84. The number of benzene rings is 1. The van der Waals surface area contributed by atoms with E-state index < -0.39 is 0 Å². The van der Waals surface area contributed by atoms with Gasteiger partial charge in [0.2, 0.25) is 0 Å². The summed E-state index contributed by atoms with van der Waals surface area (Å²) in [5.41, 5.74) is 0. The maximum atomic E-state index is 5.52. The fraction of sp³-hybridized carbons (Fsp3) is 0.0909. The van der Waals surface area contributed by atoms with Crippen molar-refractivity contribution in [3.63, 3.8) is 0 Å². The van der Waals surface area contributed by atoms with Crippen LogP contribution in [0.2, 0.25) is 0 Å². The van der Waals surface area contributed by atoms with Gasteiger partial charge in [0, 0.05) is 0 Å². The molecule has 0 saturated heterocycles. The first-order chi connectivity index (χ1) is 6.26. The molecular formula is C11H13OP. The SMILES string of the molecule is C=CC(C=C)Oc1ccc(P)cc1. The van der Waals surface area contributed by atoms with E-state index in [1.54, 1.807) is 12.2 Å². The van der Waals surface area contributed by atoms with Crippen molar-refractivity contribution in [2.75, 3.05) is 0 Å². The predicted octanol–water partition coefficient (Wildman–Crippen LogP) is 2.31. The molecule has 0 heterocycles. The van der Waals surface area contributed by atoms with Gasteiger partial charge in [-0.15, -0.1) is 9.24 Å². The Labute approximate surface area is 81.3 Å². The number of rotatable bonds is 4. The van der Waals surface area contributed by atoms with Crippen LogP contribution in [0.25, 0.3) is 0 Å². The van der Waals surface area contributed by atoms with Crippen molar-refractivity contribution >= 4 is 14.5 Å². The highest BCUT2D eigenvalue weighted by atomic mass is 31.0. The molecule has 0 radical (unpaired) electrons. The molecule has 0 N–H and O–H groups in total. The lowest BCUT2D eigenvalue weighted by Gasteiger charge is -2.10. The van der Waals surface area contributed by atoms with Crippen LogP contribution < -0.4 is 10.0 Å². The van der Waals surface area contributed by atoms with E-state index in [4.69, 9.17) is 4.74 Å². The molecule has 2 heteroatoms. The molecule has 1 unspecified atom stereocenters. The van der Waals surface area contributed by atoms with Gasteiger partial charge >= 0.3 is 0 Å². The molecule has 0 aliphatic carbocycles. The molecule has 1 atom stereocenters. The third kappa shape index (κ3) is 3.04. The minimum Gasteiger partial charge on any atom is -0.482 e. The zero-order chi connectivity index (χ0) is 9.68. The van der Waals surface area contributed by atoms with Crippen LogP contribution in [-0.2, 0) is 0 Å². The van der Waals surface area contributed by atoms with Crippen molar-refractivity contribution in [3.05, 3.63) is 49.6 Å². The Morgan fingerprint density at radius 1 is 1.15 bits per heavy atom. The van der Waals surface area contributed by atoms with E-state index in [-0.39, 0.29) is 6.10 Å². The average Bonchev–Trinajstić information content (AvgIpc) is 2.17. The fourth-order valence-corrected chi connectivity index (χ4v) is 1.09. The van der Waals surface area contributed by atoms with Crippen LogP contribution in [0.1, 0.15) is 0 Å². The van der Waals surface area contributed by atoms with Crippen LogP contribution in [0.15, 0.2) is 49.6 Å². The predicted molar refractivity (Wildman–Crippen MR) is 60.6 cm³/mol. The van der Waals surface area contributed by atoms with Crippen molar-refractivity contribution in [2.45, 2.75) is 6.10 Å². The molecule has 1 aromatic carbocycles. The molecule has 13 heavy (non-hydrogen) atoms. The minimum atomic E-state index is -0.115. The molecule has 0 spiro atoms. The van der Waals surface area contributed by atoms with E-state index in [2.05, 4.69) is 22.4 Å². The molecule has 0 saturated carbocycles. The largest absolute Gasteiger partial charge is 0.482 e. The Morgan fingerprint density at radius 2 is 1.69 bits per heavy atom. The van der Waals surface area contributed by atoms with Gasteiger partial charge in [0.25, 0.3) is 0 Å². The summed E-state index contributed by atoms with van der Waals surface area (Å²) >= 11 is 0. The molecule has 1 rings (SSSR count). The maximum absolute atomic E-state index is 5.52. The Bertz CT molecular complexity index is 281. The minimum absolute atomic E-state index is 0.115. The second-order valence-electron chi connectivity index (χ2n) is 2.62. The summed E-state index contributed by atoms with van der Waals surface area (Å²) in [5.74, 6) is 0.830. The Balaban J connectivity index is 2.68. The molecule has 68 valence electrons. The summed E-state index contributed by atoms with van der Waals surface area (Å²) in [6, 6.07) is 7.79. The zero-order valence-electron chi connectivity index (χ0n) is 7.44. The molecular weight excluding hydrogens is 179 g/mol. The van der Waals surface area contributed by atoms with Crippen LogP contribution in [0.5, 0.6) is 5.75 Å². The molecule has 1 aromatic rings. The van der Waals surface area contributed by atoms with Crippen molar-refractivity contribution < 1.29 is 4.74 Å². The normalized spacial score (nSPS) is 9.69. The highest BCUT2D eigenvalue weighted by Gasteiger charge is 1.99. The Hall–Kier alpha value is -1.07. The van der Waals surface area contributed by atoms with Gasteiger partial charge in [-0.2, -0.15) is 0 Å². The van der Waals surface area contributed by atoms with Crippen LogP contribution >= 0.6 is 9.24 Å². The van der Waals surface area contributed by atoms with Crippen molar-refractivity contribution in [1.82, 2.24) is 0 Å². The van der Waals surface area contributed by atoms with Gasteiger partial charge in [0.1, 0.15) is 11.9 Å². The molecule has 0 fully saturated rings. The first kappa shape index (κ1) is 10.0. The van der Waals surface area contributed by atoms with Gasteiger partial charge in [-0.25, -0.2) is 0 Å². The monoisotopic (exact) mass is 192 g/mol. The number of ether oxygens (including phenoxy) is 1. The number of hydrogen-bond donors (Lipinski definition) is 0. The smallest absolute Gasteiger partial charge is 0.135 e. The van der Waals surface area contributed by atoms with Crippen LogP contribution in [0, 0.1) is 0 Å². The quantitative estimate of drug-likeness (QED) is 0.525. The van der Waals surface area contributed by atoms with E-state index in [1.165, 1.54) is 0 Å². The summed E-state index contributed by atoms with van der Waals surface area (Å²) in [4.78, 5) is 0. The second-order valence-corrected chi connectivity index (χ2v) is 3.29. The summed E-state index contributed by atoms with van der Waals surface area (Å²) in [6.07, 6.45) is 3.30. The van der Waals surface area contributed by atoms with Gasteiger partial charge in [-0.1, -0.05) is 25.3 Å². The lowest BCUT2D eigenvalue weighted by atomic mass is 10.3. The van der Waals surface area contributed by atoms with E-state index in [1.807, 2.05) is 24.3 Å². The molecule has 0 aromatic heterocycles. The fourth-order valence-electron chi connectivity index (χ4n) is 0.896. The molecule has 0 aliphatic rings. The number of hydrogen-bond acceptors (Lipinski definition) is 1. The summed E-state index contributed by atoms with van der Waals surface area (Å²) in [7, 11) is 2.62. The van der Waals surface area contributed by atoms with Gasteiger partial charge in [-0.05, 0) is 29.6 Å². The summed E-state index contributed by atoms with van der Waals surface area (Å²) < 4.78 is 5.52. The van der Waals surface area contributed by atoms with E-state index >= 15 is 0 Å². The van der Waals surface area contributed by atoms with E-state index in [0.29, 0.717) is 0 Å². The van der Waals surface area contributed by atoms with E-state index in [9.17, 15) is 0 Å². The molecule has 0 bridgehead atoms. The van der Waals surface area contributed by atoms with Crippen molar-refractivity contribution in [3.8, 4) is 5.75 Å². The van der Waals surface area contributed by atoms with Crippen LogP contribution in [0.3, 0.4) is 0 Å². The molecule has 1 nitrogen and oxygen atoms in total. The third-order valence-corrected chi connectivity index (χ3v) is 2.00. The first-order valence-electron chi connectivity index (χ1n) is 4.03. The summed E-state index contributed by atoms with van der Waals surface area (Å²) in [6.45, 7) is 7.29. The first-order valence-corrected chi connectivity index (χ1v) is 4.61. The molecule has 0 amide bonds. The van der Waals surface area contributed by atoms with Crippen molar-refractivity contribution in [2.24, 2.45) is 0 Å². The third-order valence-electron chi connectivity index (χ3n) is 1.62. The van der Waals surface area contributed by atoms with Crippen LogP contribution in [-0.4, -0.2) is 6.10 Å². The van der Waals surface area contributed by atoms with Gasteiger partial charge in [0.05, 0.1) is 0 Å². The highest BCUT2D eigenvalue weighted by molar-refractivity contribution is 7.27. The van der Waals surface area contributed by atoms with Crippen LogP contribution in [0.4, 0.5) is 0 Å². The lowest BCUT2D eigenvalue weighted by molar-refractivity contribution is 0.297. The summed E-state index contributed by atoms with van der Waals surface area (Å²) in [5, 5.41) is 1.14. The van der Waals surface area contributed by atoms with Gasteiger partial charge < -0.3 is 4.74 Å². The topological polar surface area (TPSA) is 9.23 Å². The van der Waals surface area contributed by atoms with Gasteiger partial charge in [-0.3, -0.25) is 0 Å². The Morgan fingerprint density at radius 3 is 2.15 bits per heavy atom. The van der Waals surface area contributed by atoms with E-state index in [0.717, 1.165) is 11.1 Å². The van der Waals surface area contributed by atoms with Crippen molar-refractivity contribution in [1.29, 1.82) is 0 Å². The Kier molecular flexibility index (Phi) is 3.72. The highest BCUT2D eigenvalue weighted by Crippen LogP contribution is 2.11. The lowest BCUT2D eigenvalue weighted by Crippen LogP contribution is -2.09. The maximum Gasteiger partial charge on any atom is 0.135 e. The van der Waals surface area contributed by atoms with Gasteiger partial charge in [0.15, 0.2) is 0 Å². The average molecular weight is 192 g/mol.